The van der Waals surface area contributed by atoms with Crippen LogP contribution in [0, 0.1) is 0 Å². The summed E-state index contributed by atoms with van der Waals surface area (Å²) in [6.45, 7) is 5.65. The van der Waals surface area contributed by atoms with Crippen molar-refractivity contribution in [1.29, 1.82) is 0 Å². The van der Waals surface area contributed by atoms with Crippen molar-refractivity contribution in [1.82, 2.24) is 9.55 Å². The zero-order chi connectivity index (χ0) is 13.4. The smallest absolute Gasteiger partial charge is 0.203 e. The van der Waals surface area contributed by atoms with Crippen LogP contribution in [0.2, 0.25) is 0 Å². The maximum atomic E-state index is 5.23. The molecule has 1 N–H and O–H groups in total. The van der Waals surface area contributed by atoms with E-state index in [0.29, 0.717) is 19.3 Å². The maximum absolute atomic E-state index is 5.23. The lowest BCUT2D eigenvalue weighted by atomic mass is 10.2. The summed E-state index contributed by atoms with van der Waals surface area (Å²) >= 11 is 0. The van der Waals surface area contributed by atoms with Crippen LogP contribution in [0.25, 0.3) is 0 Å². The second-order valence-electron chi connectivity index (χ2n) is 4.55. The molecule has 0 bridgehead atoms. The SMILES string of the molecule is CCCC(COC)Nc1nccn1C(C)COC. The fourth-order valence-corrected chi connectivity index (χ4v) is 2.03. The van der Waals surface area contributed by atoms with Gasteiger partial charge in [-0.15, -0.1) is 0 Å². The largest absolute Gasteiger partial charge is 0.383 e. The summed E-state index contributed by atoms with van der Waals surface area (Å²) in [5.41, 5.74) is 0. The van der Waals surface area contributed by atoms with E-state index >= 15 is 0 Å². The fraction of sp³-hybridized carbons (Fsp3) is 0.769. The number of rotatable bonds is 9. The molecule has 0 saturated heterocycles. The van der Waals surface area contributed by atoms with Gasteiger partial charge in [-0.1, -0.05) is 13.3 Å². The predicted octanol–water partition coefficient (Wildman–Crippen LogP) is 2.32. The van der Waals surface area contributed by atoms with Crippen LogP contribution in [0.5, 0.6) is 0 Å². The molecule has 0 saturated carbocycles. The van der Waals surface area contributed by atoms with Gasteiger partial charge >= 0.3 is 0 Å². The monoisotopic (exact) mass is 255 g/mol. The van der Waals surface area contributed by atoms with Gasteiger partial charge in [-0.3, -0.25) is 0 Å². The van der Waals surface area contributed by atoms with Crippen LogP contribution < -0.4 is 5.32 Å². The first-order valence-corrected chi connectivity index (χ1v) is 6.50. The lowest BCUT2D eigenvalue weighted by Gasteiger charge is -2.21. The van der Waals surface area contributed by atoms with Gasteiger partial charge in [0, 0.05) is 26.6 Å². The standard InChI is InChI=1S/C13H25N3O2/c1-5-6-12(10-18-4)15-13-14-7-8-16(13)11(2)9-17-3/h7-8,11-12H,5-6,9-10H2,1-4H3,(H,14,15). The summed E-state index contributed by atoms with van der Waals surface area (Å²) in [6.07, 6.45) is 5.97. The average molecular weight is 255 g/mol. The van der Waals surface area contributed by atoms with E-state index in [1.165, 1.54) is 0 Å². The Kier molecular flexibility index (Phi) is 6.75. The molecule has 0 aliphatic rings. The molecule has 1 heterocycles. The minimum atomic E-state index is 0.268. The predicted molar refractivity (Wildman–Crippen MR) is 73.0 cm³/mol. The zero-order valence-corrected chi connectivity index (χ0v) is 11.8. The molecule has 18 heavy (non-hydrogen) atoms. The quantitative estimate of drug-likeness (QED) is 0.735. The molecule has 0 aromatic carbocycles. The summed E-state index contributed by atoms with van der Waals surface area (Å²) in [5.74, 6) is 0.884. The highest BCUT2D eigenvalue weighted by Gasteiger charge is 2.13. The van der Waals surface area contributed by atoms with Crippen molar-refractivity contribution >= 4 is 5.95 Å². The summed E-state index contributed by atoms with van der Waals surface area (Å²) < 4.78 is 12.5. The Balaban J connectivity index is 2.67. The summed E-state index contributed by atoms with van der Waals surface area (Å²) in [4.78, 5) is 4.36. The molecule has 0 aliphatic carbocycles. The highest BCUT2D eigenvalue weighted by atomic mass is 16.5. The molecule has 5 heteroatoms. The lowest BCUT2D eigenvalue weighted by molar-refractivity contribution is 0.162. The van der Waals surface area contributed by atoms with Gasteiger partial charge in [0.15, 0.2) is 0 Å². The maximum Gasteiger partial charge on any atom is 0.203 e. The van der Waals surface area contributed by atoms with Crippen LogP contribution in [0.4, 0.5) is 5.95 Å². The van der Waals surface area contributed by atoms with Crippen LogP contribution in [-0.4, -0.2) is 43.0 Å². The number of methoxy groups -OCH3 is 2. The Morgan fingerprint density at radius 1 is 1.33 bits per heavy atom. The molecule has 0 fully saturated rings. The number of anilines is 1. The molecular weight excluding hydrogens is 230 g/mol. The van der Waals surface area contributed by atoms with Crippen molar-refractivity contribution in [2.45, 2.75) is 38.8 Å². The molecule has 0 radical (unpaired) electrons. The number of imidazole rings is 1. The van der Waals surface area contributed by atoms with Crippen LogP contribution in [0.15, 0.2) is 12.4 Å². The molecule has 104 valence electrons. The summed E-state index contributed by atoms with van der Waals surface area (Å²) in [5, 5.41) is 3.44. The number of nitrogens with one attached hydrogen (secondary N) is 1. The first-order valence-electron chi connectivity index (χ1n) is 6.50. The zero-order valence-electron chi connectivity index (χ0n) is 11.8. The number of ether oxygens (including phenoxy) is 2. The van der Waals surface area contributed by atoms with Crippen molar-refractivity contribution in [2.75, 3.05) is 32.8 Å². The number of hydrogen-bond acceptors (Lipinski definition) is 4. The number of aromatic nitrogens is 2. The second kappa shape index (κ2) is 8.11. The van der Waals surface area contributed by atoms with Gasteiger partial charge in [-0.05, 0) is 13.3 Å². The molecule has 0 amide bonds. The van der Waals surface area contributed by atoms with Gasteiger partial charge in [0.25, 0.3) is 0 Å². The van der Waals surface area contributed by atoms with Crippen LogP contribution in [0.3, 0.4) is 0 Å². The topological polar surface area (TPSA) is 48.3 Å². The normalized spacial score (nSPS) is 14.4. The Morgan fingerprint density at radius 3 is 2.67 bits per heavy atom. The Labute approximate surface area is 109 Å². The molecule has 1 rings (SSSR count). The molecule has 5 nitrogen and oxygen atoms in total. The summed E-state index contributed by atoms with van der Waals surface area (Å²) in [6, 6.07) is 0.570. The molecule has 0 spiro atoms. The van der Waals surface area contributed by atoms with E-state index in [9.17, 15) is 0 Å². The minimum Gasteiger partial charge on any atom is -0.383 e. The van der Waals surface area contributed by atoms with E-state index in [2.05, 4.69) is 28.7 Å². The molecule has 2 atom stereocenters. The highest BCUT2D eigenvalue weighted by molar-refractivity contribution is 5.28. The molecule has 1 aromatic rings. The van der Waals surface area contributed by atoms with Crippen LogP contribution >= 0.6 is 0 Å². The van der Waals surface area contributed by atoms with Crippen LogP contribution in [0.1, 0.15) is 32.7 Å². The third-order valence-corrected chi connectivity index (χ3v) is 2.89. The van der Waals surface area contributed by atoms with Gasteiger partial charge in [0.2, 0.25) is 5.95 Å². The van der Waals surface area contributed by atoms with E-state index in [1.54, 1.807) is 14.2 Å². The van der Waals surface area contributed by atoms with Gasteiger partial charge in [-0.2, -0.15) is 0 Å². The van der Waals surface area contributed by atoms with Crippen LogP contribution in [-0.2, 0) is 9.47 Å². The van der Waals surface area contributed by atoms with Crippen molar-refractivity contribution < 1.29 is 9.47 Å². The van der Waals surface area contributed by atoms with Crippen molar-refractivity contribution in [2.24, 2.45) is 0 Å². The average Bonchev–Trinajstić information content (AvgIpc) is 2.78. The van der Waals surface area contributed by atoms with Gasteiger partial charge in [-0.25, -0.2) is 4.98 Å². The van der Waals surface area contributed by atoms with Gasteiger partial charge in [0.05, 0.1) is 25.3 Å². The van der Waals surface area contributed by atoms with E-state index < -0.39 is 0 Å². The number of nitrogens with zero attached hydrogens (tertiary/aromatic N) is 2. The molecule has 2 unspecified atom stereocenters. The third-order valence-electron chi connectivity index (χ3n) is 2.89. The van der Waals surface area contributed by atoms with E-state index in [-0.39, 0.29) is 6.04 Å². The van der Waals surface area contributed by atoms with E-state index in [1.807, 2.05) is 12.4 Å². The summed E-state index contributed by atoms with van der Waals surface area (Å²) in [7, 11) is 3.44. The lowest BCUT2D eigenvalue weighted by Crippen LogP contribution is -2.27. The minimum absolute atomic E-state index is 0.268. The van der Waals surface area contributed by atoms with E-state index in [0.717, 1.165) is 18.8 Å². The molecule has 0 aliphatic heterocycles. The van der Waals surface area contributed by atoms with Gasteiger partial charge in [0.1, 0.15) is 0 Å². The Bertz CT molecular complexity index is 322. The molecular formula is C13H25N3O2. The van der Waals surface area contributed by atoms with Crippen molar-refractivity contribution in [3.8, 4) is 0 Å². The first-order chi connectivity index (χ1) is 8.72. The van der Waals surface area contributed by atoms with Gasteiger partial charge < -0.3 is 19.4 Å². The molecule has 1 aromatic heterocycles. The Morgan fingerprint density at radius 2 is 2.06 bits per heavy atom. The fourth-order valence-electron chi connectivity index (χ4n) is 2.03. The van der Waals surface area contributed by atoms with E-state index in [4.69, 9.17) is 9.47 Å². The number of hydrogen-bond donors (Lipinski definition) is 1. The first kappa shape index (κ1) is 15.0. The third kappa shape index (κ3) is 4.31. The second-order valence-corrected chi connectivity index (χ2v) is 4.55. The van der Waals surface area contributed by atoms with Crippen molar-refractivity contribution in [3.63, 3.8) is 0 Å². The Hall–Kier alpha value is -1.07. The highest BCUT2D eigenvalue weighted by Crippen LogP contribution is 2.15. The van der Waals surface area contributed by atoms with Crippen molar-refractivity contribution in [3.05, 3.63) is 12.4 Å².